The van der Waals surface area contributed by atoms with Gasteiger partial charge in [0.2, 0.25) is 0 Å². The molecule has 1 aliphatic rings. The Hall–Kier alpha value is -2.86. The van der Waals surface area contributed by atoms with Gasteiger partial charge in [0, 0.05) is 28.7 Å². The number of carbonyl (C=O) groups is 1. The normalized spacial score (nSPS) is 15.9. The number of H-pyrrole nitrogens is 1. The van der Waals surface area contributed by atoms with Crippen LogP contribution in [0.2, 0.25) is 0 Å². The van der Waals surface area contributed by atoms with Gasteiger partial charge in [-0.1, -0.05) is 6.07 Å². The molecule has 0 amide bonds. The summed E-state index contributed by atoms with van der Waals surface area (Å²) >= 11 is 0. The number of ether oxygens (including phenoxy) is 2. The first-order valence-electron chi connectivity index (χ1n) is 9.47. The molecule has 0 saturated carbocycles. The van der Waals surface area contributed by atoms with Crippen LogP contribution in [0, 0.1) is 5.82 Å². The predicted molar refractivity (Wildman–Crippen MR) is 105 cm³/mol. The van der Waals surface area contributed by atoms with E-state index in [1.54, 1.807) is 18.2 Å². The SMILES string of the molecule is COC(=O)c1cccc2c1CC(NCCCc1c[nH]c3ccc(F)cc13)CO2. The Labute approximate surface area is 162 Å². The first-order valence-corrected chi connectivity index (χ1v) is 9.47. The summed E-state index contributed by atoms with van der Waals surface area (Å²) in [6.45, 7) is 1.38. The van der Waals surface area contributed by atoms with Gasteiger partial charge in [-0.25, -0.2) is 9.18 Å². The molecule has 0 spiro atoms. The number of aromatic nitrogens is 1. The van der Waals surface area contributed by atoms with Crippen molar-refractivity contribution in [3.63, 3.8) is 0 Å². The average molecular weight is 382 g/mol. The Morgan fingerprint density at radius 1 is 1.36 bits per heavy atom. The maximum atomic E-state index is 13.5. The number of halogens is 1. The van der Waals surface area contributed by atoms with Gasteiger partial charge in [-0.2, -0.15) is 0 Å². The number of hydrogen-bond donors (Lipinski definition) is 2. The van der Waals surface area contributed by atoms with Crippen molar-refractivity contribution in [2.45, 2.75) is 25.3 Å². The minimum absolute atomic E-state index is 0.138. The van der Waals surface area contributed by atoms with Crippen molar-refractivity contribution in [1.29, 1.82) is 0 Å². The summed E-state index contributed by atoms with van der Waals surface area (Å²) in [4.78, 5) is 15.2. The van der Waals surface area contributed by atoms with E-state index in [1.165, 1.54) is 13.2 Å². The van der Waals surface area contributed by atoms with E-state index in [-0.39, 0.29) is 17.8 Å². The molecule has 1 unspecified atom stereocenters. The van der Waals surface area contributed by atoms with Gasteiger partial charge in [0.05, 0.1) is 12.7 Å². The molecule has 3 aromatic rings. The van der Waals surface area contributed by atoms with Crippen LogP contribution in [0.3, 0.4) is 0 Å². The van der Waals surface area contributed by atoms with Gasteiger partial charge in [0.15, 0.2) is 0 Å². The van der Waals surface area contributed by atoms with Crippen LogP contribution in [0.25, 0.3) is 10.9 Å². The molecule has 5 nitrogen and oxygen atoms in total. The lowest BCUT2D eigenvalue weighted by Crippen LogP contribution is -2.40. The minimum atomic E-state index is -0.340. The predicted octanol–water partition coefficient (Wildman–Crippen LogP) is 3.62. The zero-order chi connectivity index (χ0) is 19.5. The number of aryl methyl sites for hydroxylation is 1. The fourth-order valence-electron chi connectivity index (χ4n) is 3.78. The van der Waals surface area contributed by atoms with Gasteiger partial charge in [-0.05, 0) is 61.7 Å². The lowest BCUT2D eigenvalue weighted by molar-refractivity contribution is 0.0597. The van der Waals surface area contributed by atoms with Gasteiger partial charge in [-0.15, -0.1) is 0 Å². The molecule has 0 fully saturated rings. The number of hydrogen-bond acceptors (Lipinski definition) is 4. The Balaban J connectivity index is 1.34. The Kier molecular flexibility index (Phi) is 5.30. The van der Waals surface area contributed by atoms with Crippen molar-refractivity contribution in [3.05, 3.63) is 65.1 Å². The van der Waals surface area contributed by atoms with Crippen LogP contribution < -0.4 is 10.1 Å². The van der Waals surface area contributed by atoms with E-state index in [1.807, 2.05) is 18.3 Å². The van der Waals surface area contributed by atoms with Crippen molar-refractivity contribution in [2.24, 2.45) is 0 Å². The zero-order valence-electron chi connectivity index (χ0n) is 15.8. The number of esters is 1. The summed E-state index contributed by atoms with van der Waals surface area (Å²) in [5.74, 6) is 0.195. The van der Waals surface area contributed by atoms with E-state index >= 15 is 0 Å². The van der Waals surface area contributed by atoms with Gasteiger partial charge in [-0.3, -0.25) is 0 Å². The van der Waals surface area contributed by atoms with Crippen LogP contribution in [0.5, 0.6) is 5.75 Å². The number of fused-ring (bicyclic) bond motifs is 2. The molecule has 28 heavy (non-hydrogen) atoms. The molecule has 6 heteroatoms. The molecule has 4 rings (SSSR count). The van der Waals surface area contributed by atoms with E-state index in [0.29, 0.717) is 12.2 Å². The first kappa shape index (κ1) is 18.5. The molecule has 146 valence electrons. The third-order valence-corrected chi connectivity index (χ3v) is 5.21. The summed E-state index contributed by atoms with van der Waals surface area (Å²) in [5, 5.41) is 4.45. The highest BCUT2D eigenvalue weighted by atomic mass is 19.1. The molecule has 1 atom stereocenters. The highest BCUT2D eigenvalue weighted by Gasteiger charge is 2.24. The monoisotopic (exact) mass is 382 g/mol. The van der Waals surface area contributed by atoms with Crippen LogP contribution in [0.15, 0.2) is 42.6 Å². The largest absolute Gasteiger partial charge is 0.492 e. The van der Waals surface area contributed by atoms with Gasteiger partial charge in [0.1, 0.15) is 18.2 Å². The number of methoxy groups -OCH3 is 1. The van der Waals surface area contributed by atoms with Crippen LogP contribution in [0.4, 0.5) is 4.39 Å². The van der Waals surface area contributed by atoms with E-state index in [4.69, 9.17) is 9.47 Å². The molecular formula is C22H23FN2O3. The number of carbonyl (C=O) groups excluding carboxylic acids is 1. The summed E-state index contributed by atoms with van der Waals surface area (Å²) in [5.41, 5.74) is 3.53. The molecule has 0 bridgehead atoms. The quantitative estimate of drug-likeness (QED) is 0.505. The molecule has 2 aromatic carbocycles. The first-order chi connectivity index (χ1) is 13.7. The van der Waals surface area contributed by atoms with E-state index in [2.05, 4.69) is 10.3 Å². The third kappa shape index (κ3) is 3.73. The number of nitrogens with one attached hydrogen (secondary N) is 2. The Morgan fingerprint density at radius 3 is 3.11 bits per heavy atom. The van der Waals surface area contributed by atoms with Gasteiger partial charge >= 0.3 is 5.97 Å². The molecule has 2 N–H and O–H groups in total. The van der Waals surface area contributed by atoms with Crippen molar-refractivity contribution in [2.75, 3.05) is 20.3 Å². The van der Waals surface area contributed by atoms with Gasteiger partial charge in [0.25, 0.3) is 0 Å². The van der Waals surface area contributed by atoms with Crippen molar-refractivity contribution in [1.82, 2.24) is 10.3 Å². The fourth-order valence-corrected chi connectivity index (χ4v) is 3.78. The topological polar surface area (TPSA) is 63.3 Å². The molecular weight excluding hydrogens is 359 g/mol. The minimum Gasteiger partial charge on any atom is -0.492 e. The number of benzene rings is 2. The van der Waals surface area contributed by atoms with Crippen molar-refractivity contribution < 1.29 is 18.7 Å². The lowest BCUT2D eigenvalue weighted by Gasteiger charge is -2.27. The van der Waals surface area contributed by atoms with Crippen LogP contribution >= 0.6 is 0 Å². The Bertz CT molecular complexity index is 999. The standard InChI is InChI=1S/C22H23FN2O3/c1-27-22(26)17-5-2-6-21-19(17)11-16(13-28-21)24-9-3-4-14-12-25-20-8-7-15(23)10-18(14)20/h2,5-8,10,12,16,24-25H,3-4,9,11,13H2,1H3. The summed E-state index contributed by atoms with van der Waals surface area (Å²) in [7, 11) is 1.39. The fraction of sp³-hybridized carbons (Fsp3) is 0.318. The number of aromatic amines is 1. The summed E-state index contributed by atoms with van der Waals surface area (Å²) in [6.07, 6.45) is 4.45. The lowest BCUT2D eigenvalue weighted by atomic mass is 9.97. The third-order valence-electron chi connectivity index (χ3n) is 5.21. The maximum Gasteiger partial charge on any atom is 0.338 e. The molecule has 0 aliphatic carbocycles. The van der Waals surface area contributed by atoms with Crippen molar-refractivity contribution in [3.8, 4) is 5.75 Å². The number of rotatable bonds is 6. The second kappa shape index (κ2) is 8.02. The van der Waals surface area contributed by atoms with Crippen LogP contribution in [-0.2, 0) is 17.6 Å². The Morgan fingerprint density at radius 2 is 2.25 bits per heavy atom. The second-order valence-electron chi connectivity index (χ2n) is 7.05. The van der Waals surface area contributed by atoms with Crippen LogP contribution in [-0.4, -0.2) is 37.3 Å². The smallest absolute Gasteiger partial charge is 0.338 e. The van der Waals surface area contributed by atoms with Crippen LogP contribution in [0.1, 0.15) is 27.9 Å². The highest BCUT2D eigenvalue weighted by Crippen LogP contribution is 2.28. The highest BCUT2D eigenvalue weighted by molar-refractivity contribution is 5.92. The molecule has 1 aliphatic heterocycles. The van der Waals surface area contributed by atoms with Crippen molar-refractivity contribution >= 4 is 16.9 Å². The van der Waals surface area contributed by atoms with E-state index < -0.39 is 0 Å². The molecule has 1 aromatic heterocycles. The zero-order valence-corrected chi connectivity index (χ0v) is 15.8. The molecule has 0 saturated heterocycles. The average Bonchev–Trinajstić information content (AvgIpc) is 3.12. The summed E-state index contributed by atoms with van der Waals surface area (Å²) in [6, 6.07) is 10.4. The maximum absolute atomic E-state index is 13.5. The summed E-state index contributed by atoms with van der Waals surface area (Å²) < 4.78 is 24.2. The van der Waals surface area contributed by atoms with E-state index in [0.717, 1.165) is 53.6 Å². The molecule has 0 radical (unpaired) electrons. The van der Waals surface area contributed by atoms with Gasteiger partial charge < -0.3 is 19.8 Å². The molecule has 2 heterocycles. The van der Waals surface area contributed by atoms with E-state index in [9.17, 15) is 9.18 Å². The second-order valence-corrected chi connectivity index (χ2v) is 7.05.